The van der Waals surface area contributed by atoms with Gasteiger partial charge in [-0.15, -0.1) is 0 Å². The normalized spacial score (nSPS) is 11.6. The Kier molecular flexibility index (Phi) is 5.91. The number of hydrogen-bond donors (Lipinski definition) is 1. The predicted molar refractivity (Wildman–Crippen MR) is 66.8 cm³/mol. The van der Waals surface area contributed by atoms with Gasteiger partial charge in [0.05, 0.1) is 12.4 Å². The van der Waals surface area contributed by atoms with Crippen LogP contribution in [0.1, 0.15) is 18.4 Å². The first-order chi connectivity index (χ1) is 7.99. The zero-order valence-electron chi connectivity index (χ0n) is 9.30. The monoisotopic (exact) mass is 278 g/mol. The molecular weight excluding hydrogens is 264 g/mol. The Bertz CT molecular complexity index is 445. The fourth-order valence-corrected chi connectivity index (χ4v) is 2.05. The third-order valence-electron chi connectivity index (χ3n) is 2.16. The summed E-state index contributed by atoms with van der Waals surface area (Å²) in [7, 11) is -3.85. The molecule has 96 valence electrons. The number of hydrogen-bond acceptors (Lipinski definition) is 3. The summed E-state index contributed by atoms with van der Waals surface area (Å²) < 4.78 is 34.7. The van der Waals surface area contributed by atoms with E-state index in [0.717, 1.165) is 5.56 Å². The average Bonchev–Trinajstić information content (AvgIpc) is 2.24. The van der Waals surface area contributed by atoms with Crippen LogP contribution in [0.25, 0.3) is 0 Å². The average molecular weight is 279 g/mol. The van der Waals surface area contributed by atoms with Crippen LogP contribution in [0, 0.1) is 0 Å². The molecule has 1 rings (SSSR count). The van der Waals surface area contributed by atoms with E-state index >= 15 is 0 Å². The van der Waals surface area contributed by atoms with Crippen molar-refractivity contribution < 1.29 is 17.7 Å². The first kappa shape index (κ1) is 14.4. The van der Waals surface area contributed by atoms with Gasteiger partial charge < -0.3 is 4.74 Å². The first-order valence-electron chi connectivity index (χ1n) is 5.25. The van der Waals surface area contributed by atoms with Crippen LogP contribution in [-0.4, -0.2) is 25.3 Å². The molecule has 17 heavy (non-hydrogen) atoms. The maximum absolute atomic E-state index is 10.4. The lowest BCUT2D eigenvalue weighted by molar-refractivity contribution is 0.118. The summed E-state index contributed by atoms with van der Waals surface area (Å²) in [6, 6.07) is 7.39. The van der Waals surface area contributed by atoms with Gasteiger partial charge in [-0.3, -0.25) is 4.55 Å². The van der Waals surface area contributed by atoms with Crippen molar-refractivity contribution in [1.82, 2.24) is 0 Å². The lowest BCUT2D eigenvalue weighted by atomic mass is 10.2. The summed E-state index contributed by atoms with van der Waals surface area (Å²) in [6.07, 6.45) is 0.978. The number of ether oxygens (including phenoxy) is 1. The summed E-state index contributed by atoms with van der Waals surface area (Å²) >= 11 is 5.93. The van der Waals surface area contributed by atoms with Gasteiger partial charge in [0.2, 0.25) is 0 Å². The van der Waals surface area contributed by atoms with Gasteiger partial charge in [-0.2, -0.15) is 8.42 Å². The third kappa shape index (κ3) is 6.63. The summed E-state index contributed by atoms with van der Waals surface area (Å²) in [4.78, 5) is 0. The highest BCUT2D eigenvalue weighted by molar-refractivity contribution is 7.85. The second kappa shape index (κ2) is 6.96. The van der Waals surface area contributed by atoms with Gasteiger partial charge in [0.1, 0.15) is 0 Å². The van der Waals surface area contributed by atoms with Crippen molar-refractivity contribution in [2.75, 3.05) is 12.4 Å². The van der Waals surface area contributed by atoms with Crippen LogP contribution < -0.4 is 0 Å². The van der Waals surface area contributed by atoms with Gasteiger partial charge in [0.15, 0.2) is 0 Å². The molecule has 0 saturated carbocycles. The van der Waals surface area contributed by atoms with Crippen LogP contribution in [0.2, 0.25) is 5.02 Å². The minimum atomic E-state index is -3.85. The second-order valence-corrected chi connectivity index (χ2v) is 5.62. The summed E-state index contributed by atoms with van der Waals surface area (Å²) in [6.45, 7) is 0.853. The molecule has 0 heterocycles. The zero-order valence-corrected chi connectivity index (χ0v) is 10.9. The Balaban J connectivity index is 2.15. The molecule has 0 aliphatic heterocycles. The van der Waals surface area contributed by atoms with E-state index in [4.69, 9.17) is 20.9 Å². The summed E-state index contributed by atoms with van der Waals surface area (Å²) in [5, 5.41) is 0.658. The number of rotatable bonds is 7. The van der Waals surface area contributed by atoms with Crippen molar-refractivity contribution in [2.45, 2.75) is 19.4 Å². The SMILES string of the molecule is O=S(=O)(O)CCCCOCc1ccccc1Cl. The van der Waals surface area contributed by atoms with Crippen molar-refractivity contribution in [3.63, 3.8) is 0 Å². The summed E-state index contributed by atoms with van der Waals surface area (Å²) in [5.74, 6) is -0.220. The van der Waals surface area contributed by atoms with Gasteiger partial charge in [0, 0.05) is 11.6 Å². The van der Waals surface area contributed by atoms with E-state index in [1.807, 2.05) is 18.2 Å². The molecule has 1 aromatic rings. The van der Waals surface area contributed by atoms with Crippen LogP contribution in [0.5, 0.6) is 0 Å². The molecule has 4 nitrogen and oxygen atoms in total. The topological polar surface area (TPSA) is 63.6 Å². The van der Waals surface area contributed by atoms with E-state index in [1.165, 1.54) is 0 Å². The van der Waals surface area contributed by atoms with Crippen molar-refractivity contribution in [2.24, 2.45) is 0 Å². The van der Waals surface area contributed by atoms with E-state index in [-0.39, 0.29) is 5.75 Å². The van der Waals surface area contributed by atoms with Crippen LogP contribution in [-0.2, 0) is 21.5 Å². The minimum Gasteiger partial charge on any atom is -0.377 e. The Morgan fingerprint density at radius 2 is 1.94 bits per heavy atom. The molecule has 0 unspecified atom stereocenters. The van der Waals surface area contributed by atoms with E-state index in [9.17, 15) is 8.42 Å². The molecule has 0 aliphatic rings. The van der Waals surface area contributed by atoms with Gasteiger partial charge in [-0.25, -0.2) is 0 Å². The quantitative estimate of drug-likeness (QED) is 0.615. The lowest BCUT2D eigenvalue weighted by Gasteiger charge is -2.05. The highest BCUT2D eigenvalue weighted by Crippen LogP contribution is 2.15. The minimum absolute atomic E-state index is 0.220. The van der Waals surface area contributed by atoms with E-state index < -0.39 is 10.1 Å². The van der Waals surface area contributed by atoms with Gasteiger partial charge in [0.25, 0.3) is 10.1 Å². The Labute approximate surface area is 106 Å². The highest BCUT2D eigenvalue weighted by Gasteiger charge is 2.03. The maximum Gasteiger partial charge on any atom is 0.264 e. The predicted octanol–water partition coefficient (Wildman–Crippen LogP) is 2.52. The Morgan fingerprint density at radius 3 is 2.59 bits per heavy atom. The largest absolute Gasteiger partial charge is 0.377 e. The standard InChI is InChI=1S/C11H15ClO4S/c12-11-6-2-1-5-10(11)9-16-7-3-4-8-17(13,14)15/h1-2,5-6H,3-4,7-9H2,(H,13,14,15). The number of unbranched alkanes of at least 4 members (excludes halogenated alkanes) is 1. The van der Waals surface area contributed by atoms with Crippen molar-refractivity contribution in [1.29, 1.82) is 0 Å². The number of halogens is 1. The molecule has 0 amide bonds. The molecule has 0 aromatic heterocycles. The molecule has 0 aliphatic carbocycles. The molecule has 0 bridgehead atoms. The van der Waals surface area contributed by atoms with Gasteiger partial charge >= 0.3 is 0 Å². The second-order valence-electron chi connectivity index (χ2n) is 3.64. The smallest absolute Gasteiger partial charge is 0.264 e. The maximum atomic E-state index is 10.4. The first-order valence-corrected chi connectivity index (χ1v) is 7.24. The molecule has 1 aromatic carbocycles. The molecule has 0 radical (unpaired) electrons. The van der Waals surface area contributed by atoms with E-state index in [0.29, 0.717) is 31.1 Å². The third-order valence-corrected chi connectivity index (χ3v) is 3.33. The van der Waals surface area contributed by atoms with Gasteiger partial charge in [-0.1, -0.05) is 29.8 Å². The highest BCUT2D eigenvalue weighted by atomic mass is 35.5. The van der Waals surface area contributed by atoms with Crippen LogP contribution in [0.3, 0.4) is 0 Å². The van der Waals surface area contributed by atoms with E-state index in [2.05, 4.69) is 0 Å². The molecular formula is C11H15ClO4S. The van der Waals surface area contributed by atoms with E-state index in [1.54, 1.807) is 6.07 Å². The zero-order chi connectivity index (χ0) is 12.7. The fraction of sp³-hybridized carbons (Fsp3) is 0.455. The van der Waals surface area contributed by atoms with Crippen LogP contribution in [0.15, 0.2) is 24.3 Å². The molecule has 6 heteroatoms. The summed E-state index contributed by atoms with van der Waals surface area (Å²) in [5.41, 5.74) is 0.906. The Hall–Kier alpha value is -0.620. The van der Waals surface area contributed by atoms with Crippen molar-refractivity contribution >= 4 is 21.7 Å². The Morgan fingerprint density at radius 1 is 1.24 bits per heavy atom. The van der Waals surface area contributed by atoms with Crippen LogP contribution in [0.4, 0.5) is 0 Å². The lowest BCUT2D eigenvalue weighted by Crippen LogP contribution is -2.05. The molecule has 0 atom stereocenters. The molecule has 0 saturated heterocycles. The molecule has 0 spiro atoms. The molecule has 1 N–H and O–H groups in total. The fourth-order valence-electron chi connectivity index (χ4n) is 1.29. The van der Waals surface area contributed by atoms with Gasteiger partial charge in [-0.05, 0) is 24.5 Å². The van der Waals surface area contributed by atoms with Crippen molar-refractivity contribution in [3.8, 4) is 0 Å². The number of benzene rings is 1. The van der Waals surface area contributed by atoms with Crippen LogP contribution >= 0.6 is 11.6 Å². The van der Waals surface area contributed by atoms with Crippen molar-refractivity contribution in [3.05, 3.63) is 34.9 Å². The molecule has 0 fully saturated rings.